The highest BCUT2D eigenvalue weighted by atomic mass is 16.5. The summed E-state index contributed by atoms with van der Waals surface area (Å²) >= 11 is 0. The molecule has 0 radical (unpaired) electrons. The SMILES string of the molecule is C#CCOc1ccc(-c2c(C#N)c(N)[nH]c(=O)c2C#N)cc1. The lowest BCUT2D eigenvalue weighted by Crippen LogP contribution is -2.16. The Labute approximate surface area is 126 Å². The van der Waals surface area contributed by atoms with Gasteiger partial charge < -0.3 is 15.5 Å². The van der Waals surface area contributed by atoms with Gasteiger partial charge >= 0.3 is 0 Å². The molecule has 0 bridgehead atoms. The van der Waals surface area contributed by atoms with Crippen LogP contribution in [-0.4, -0.2) is 11.6 Å². The maximum atomic E-state index is 11.8. The Morgan fingerprint density at radius 1 is 1.18 bits per heavy atom. The predicted molar refractivity (Wildman–Crippen MR) is 80.7 cm³/mol. The van der Waals surface area contributed by atoms with Gasteiger partial charge in [0.05, 0.1) is 0 Å². The molecule has 2 rings (SSSR count). The second kappa shape index (κ2) is 6.17. The second-order valence-electron chi connectivity index (χ2n) is 4.23. The van der Waals surface area contributed by atoms with E-state index in [0.29, 0.717) is 11.3 Å². The molecule has 1 aromatic carbocycles. The van der Waals surface area contributed by atoms with Crippen LogP contribution in [0.25, 0.3) is 11.1 Å². The third kappa shape index (κ3) is 2.60. The molecule has 3 N–H and O–H groups in total. The molecule has 0 atom stereocenters. The van der Waals surface area contributed by atoms with Crippen molar-refractivity contribution in [3.8, 4) is 41.4 Å². The van der Waals surface area contributed by atoms with Gasteiger partial charge in [0, 0.05) is 5.56 Å². The van der Waals surface area contributed by atoms with Crippen LogP contribution in [0, 0.1) is 35.0 Å². The van der Waals surface area contributed by atoms with E-state index in [1.165, 1.54) is 0 Å². The fourth-order valence-corrected chi connectivity index (χ4v) is 1.97. The minimum Gasteiger partial charge on any atom is -0.481 e. The van der Waals surface area contributed by atoms with Crippen LogP contribution in [0.2, 0.25) is 0 Å². The lowest BCUT2D eigenvalue weighted by atomic mass is 9.97. The standard InChI is InChI=1S/C16H10N4O2/c1-2-7-22-11-5-3-10(4-6-11)14-12(8-17)15(19)20-16(21)13(14)9-18/h1,3-6H,7H2,(H3,19,20,21). The number of nitrogen functional groups attached to an aromatic ring is 1. The van der Waals surface area contributed by atoms with E-state index in [0.717, 1.165) is 0 Å². The molecule has 0 spiro atoms. The van der Waals surface area contributed by atoms with Crippen LogP contribution in [0.5, 0.6) is 5.75 Å². The van der Waals surface area contributed by atoms with Crippen LogP contribution in [-0.2, 0) is 0 Å². The number of nitrogens with two attached hydrogens (primary N) is 1. The van der Waals surface area contributed by atoms with Crippen molar-refractivity contribution in [2.45, 2.75) is 0 Å². The number of anilines is 1. The van der Waals surface area contributed by atoms with E-state index < -0.39 is 5.56 Å². The molecule has 0 fully saturated rings. The van der Waals surface area contributed by atoms with Crippen LogP contribution in [0.3, 0.4) is 0 Å². The summed E-state index contributed by atoms with van der Waals surface area (Å²) in [4.78, 5) is 14.1. The highest BCUT2D eigenvalue weighted by Crippen LogP contribution is 2.29. The fraction of sp³-hybridized carbons (Fsp3) is 0.0625. The molecule has 0 aliphatic rings. The van der Waals surface area contributed by atoms with Crippen LogP contribution in [0.4, 0.5) is 5.82 Å². The molecule has 2 aromatic rings. The van der Waals surface area contributed by atoms with E-state index in [4.69, 9.17) is 16.9 Å². The third-order valence-electron chi connectivity index (χ3n) is 2.93. The summed E-state index contributed by atoms with van der Waals surface area (Å²) in [6, 6.07) is 10.2. The average Bonchev–Trinajstić information content (AvgIpc) is 2.53. The number of pyridine rings is 1. The van der Waals surface area contributed by atoms with Crippen molar-refractivity contribution in [3.63, 3.8) is 0 Å². The van der Waals surface area contributed by atoms with Gasteiger partial charge in [-0.05, 0) is 17.7 Å². The summed E-state index contributed by atoms with van der Waals surface area (Å²) in [5, 5.41) is 18.4. The molecule has 1 heterocycles. The van der Waals surface area contributed by atoms with Crippen LogP contribution < -0.4 is 16.0 Å². The molecule has 0 aliphatic carbocycles. The summed E-state index contributed by atoms with van der Waals surface area (Å²) in [6.45, 7) is 0.129. The van der Waals surface area contributed by atoms with Crippen molar-refractivity contribution >= 4 is 5.82 Å². The quantitative estimate of drug-likeness (QED) is 0.828. The molecule has 1 aromatic heterocycles. The predicted octanol–water partition coefficient (Wildman–Crippen LogP) is 1.38. The highest BCUT2D eigenvalue weighted by Gasteiger charge is 2.17. The van der Waals surface area contributed by atoms with Gasteiger partial charge in [0.2, 0.25) is 0 Å². The van der Waals surface area contributed by atoms with Crippen molar-refractivity contribution < 1.29 is 4.74 Å². The normalized spacial score (nSPS) is 9.32. The minimum atomic E-state index is -0.637. The number of rotatable bonds is 3. The van der Waals surface area contributed by atoms with E-state index in [1.807, 2.05) is 6.07 Å². The number of ether oxygens (including phenoxy) is 1. The van der Waals surface area contributed by atoms with E-state index in [2.05, 4.69) is 10.9 Å². The largest absolute Gasteiger partial charge is 0.481 e. The Bertz CT molecular complexity index is 890. The molecule has 0 saturated heterocycles. The zero-order valence-corrected chi connectivity index (χ0v) is 11.4. The Morgan fingerprint density at radius 3 is 2.36 bits per heavy atom. The second-order valence-corrected chi connectivity index (χ2v) is 4.23. The van der Waals surface area contributed by atoms with Crippen LogP contribution in [0.15, 0.2) is 29.1 Å². The van der Waals surface area contributed by atoms with E-state index in [1.54, 1.807) is 30.3 Å². The lowest BCUT2D eigenvalue weighted by Gasteiger charge is -2.09. The first-order valence-electron chi connectivity index (χ1n) is 6.15. The Balaban J connectivity index is 2.63. The number of nitrogens with one attached hydrogen (secondary N) is 1. The Morgan fingerprint density at radius 2 is 1.82 bits per heavy atom. The highest BCUT2D eigenvalue weighted by molar-refractivity contribution is 5.80. The number of hydrogen-bond acceptors (Lipinski definition) is 5. The first-order chi connectivity index (χ1) is 10.6. The molecule has 0 aliphatic heterocycles. The molecular weight excluding hydrogens is 280 g/mol. The molecule has 0 saturated carbocycles. The van der Waals surface area contributed by atoms with Crippen molar-refractivity contribution in [1.82, 2.24) is 4.98 Å². The van der Waals surface area contributed by atoms with Crippen LogP contribution >= 0.6 is 0 Å². The van der Waals surface area contributed by atoms with E-state index in [9.17, 15) is 15.3 Å². The maximum Gasteiger partial charge on any atom is 0.268 e. The monoisotopic (exact) mass is 290 g/mol. The van der Waals surface area contributed by atoms with Gasteiger partial charge in [-0.15, -0.1) is 6.42 Å². The third-order valence-corrected chi connectivity index (χ3v) is 2.93. The number of nitriles is 2. The van der Waals surface area contributed by atoms with E-state index >= 15 is 0 Å². The smallest absolute Gasteiger partial charge is 0.268 e. The van der Waals surface area contributed by atoms with Crippen molar-refractivity contribution in [1.29, 1.82) is 10.5 Å². The minimum absolute atomic E-state index is 0.0495. The number of hydrogen-bond donors (Lipinski definition) is 2. The summed E-state index contributed by atoms with van der Waals surface area (Å²) in [5.41, 5.74) is 5.62. The van der Waals surface area contributed by atoms with Gasteiger partial charge in [-0.3, -0.25) is 4.79 Å². The number of aromatic nitrogens is 1. The number of H-pyrrole nitrogens is 1. The molecule has 6 nitrogen and oxygen atoms in total. The Kier molecular flexibility index (Phi) is 4.13. The van der Waals surface area contributed by atoms with Crippen molar-refractivity contribution in [3.05, 3.63) is 45.7 Å². The summed E-state index contributed by atoms with van der Waals surface area (Å²) in [6.07, 6.45) is 5.11. The number of nitrogens with zero attached hydrogens (tertiary/aromatic N) is 2. The van der Waals surface area contributed by atoms with Gasteiger partial charge in [-0.1, -0.05) is 18.1 Å². The molecule has 0 unspecified atom stereocenters. The van der Waals surface area contributed by atoms with Gasteiger partial charge in [-0.2, -0.15) is 10.5 Å². The Hall–Kier alpha value is -3.69. The average molecular weight is 290 g/mol. The van der Waals surface area contributed by atoms with Gasteiger partial charge in [0.1, 0.15) is 41.4 Å². The number of aromatic amines is 1. The molecule has 6 heteroatoms. The number of terminal acetylenes is 1. The zero-order chi connectivity index (χ0) is 16.1. The molecule has 22 heavy (non-hydrogen) atoms. The zero-order valence-electron chi connectivity index (χ0n) is 11.4. The molecular formula is C16H10N4O2. The fourth-order valence-electron chi connectivity index (χ4n) is 1.97. The molecule has 0 amide bonds. The number of benzene rings is 1. The first kappa shape index (κ1) is 14.7. The van der Waals surface area contributed by atoms with Crippen molar-refractivity contribution in [2.75, 3.05) is 12.3 Å². The van der Waals surface area contributed by atoms with Gasteiger partial charge in [0.15, 0.2) is 0 Å². The van der Waals surface area contributed by atoms with Crippen LogP contribution in [0.1, 0.15) is 11.1 Å². The summed E-state index contributed by atoms with van der Waals surface area (Å²) in [7, 11) is 0. The first-order valence-corrected chi connectivity index (χ1v) is 6.15. The summed E-state index contributed by atoms with van der Waals surface area (Å²) < 4.78 is 5.25. The van der Waals surface area contributed by atoms with E-state index in [-0.39, 0.29) is 29.1 Å². The van der Waals surface area contributed by atoms with Gasteiger partial charge in [-0.25, -0.2) is 0 Å². The lowest BCUT2D eigenvalue weighted by molar-refractivity contribution is 0.370. The van der Waals surface area contributed by atoms with Gasteiger partial charge in [0.25, 0.3) is 5.56 Å². The maximum absolute atomic E-state index is 11.8. The molecule has 106 valence electrons. The summed E-state index contributed by atoms with van der Waals surface area (Å²) in [5.74, 6) is 2.81. The van der Waals surface area contributed by atoms with Crippen molar-refractivity contribution in [2.24, 2.45) is 0 Å². The topological polar surface area (TPSA) is 116 Å².